The van der Waals surface area contributed by atoms with Crippen molar-refractivity contribution in [3.63, 3.8) is 0 Å². The molecule has 5 heteroatoms. The third kappa shape index (κ3) is 9.94. The molecule has 2 unspecified atom stereocenters. The first-order chi connectivity index (χ1) is 22.9. The monoisotopic (exact) mass is 816 g/mol. The molecule has 0 radical (unpaired) electrons. The Hall–Kier alpha value is -3.39. The van der Waals surface area contributed by atoms with Gasteiger partial charge in [-0.15, -0.1) is 22.3 Å². The van der Waals surface area contributed by atoms with Crippen LogP contribution in [-0.4, -0.2) is 0 Å². The smallest absolute Gasteiger partial charge is 1.00 e. The van der Waals surface area contributed by atoms with Crippen LogP contribution in [0.1, 0.15) is 45.2 Å². The van der Waals surface area contributed by atoms with Gasteiger partial charge >= 0.3 is 55.9 Å². The van der Waals surface area contributed by atoms with E-state index in [2.05, 4.69) is 133 Å². The zero-order chi connectivity index (χ0) is 31.0. The van der Waals surface area contributed by atoms with E-state index >= 15 is 0 Å². The molecule has 0 heterocycles. The van der Waals surface area contributed by atoms with Gasteiger partial charge in [-0.2, -0.15) is 120 Å². The van der Waals surface area contributed by atoms with Crippen molar-refractivity contribution in [2.45, 2.75) is 11.8 Å². The van der Waals surface area contributed by atoms with Crippen LogP contribution in [-0.2, 0) is 55.9 Å². The Morgan fingerprint density at radius 2 is 0.765 bits per heavy atom. The molecule has 0 aliphatic heterocycles. The van der Waals surface area contributed by atoms with Crippen LogP contribution in [0.4, 0.5) is 0 Å². The Balaban J connectivity index is 0.000000258. The molecule has 51 heavy (non-hydrogen) atoms. The van der Waals surface area contributed by atoms with Gasteiger partial charge in [-0.25, -0.2) is 48.5 Å². The first-order valence-corrected chi connectivity index (χ1v) is 15.9. The summed E-state index contributed by atoms with van der Waals surface area (Å²) in [6, 6.07) is 74.1. The van der Waals surface area contributed by atoms with Gasteiger partial charge in [0.15, 0.2) is 0 Å². The van der Waals surface area contributed by atoms with Crippen molar-refractivity contribution in [2.75, 3.05) is 0 Å². The van der Waals surface area contributed by atoms with Crippen LogP contribution in [0, 0.1) is 12.1 Å². The molecular weight excluding hydrogens is 783 g/mol. The largest absolute Gasteiger partial charge is 4.00 e. The number of benzene rings is 4. The van der Waals surface area contributed by atoms with Gasteiger partial charge in [-0.05, 0) is 23.0 Å². The third-order valence-corrected chi connectivity index (χ3v) is 8.63. The average Bonchev–Trinajstić information content (AvgIpc) is 3.97. The molecule has 252 valence electrons. The molecule has 0 saturated heterocycles. The first-order valence-electron chi connectivity index (χ1n) is 15.9. The summed E-state index contributed by atoms with van der Waals surface area (Å²) in [6.45, 7) is 0. The van der Waals surface area contributed by atoms with E-state index in [-0.39, 0.29) is 80.7 Å². The fraction of sp³-hybridized carbons (Fsp3) is 0.0435. The molecule has 0 aromatic heterocycles. The molecule has 0 amide bonds. The fourth-order valence-corrected chi connectivity index (χ4v) is 6.64. The van der Waals surface area contributed by atoms with E-state index in [0.717, 1.165) is 0 Å². The molecule has 8 aromatic rings. The number of rotatable bonds is 2. The number of halogens is 2. The fourth-order valence-electron chi connectivity index (χ4n) is 6.64. The summed E-state index contributed by atoms with van der Waals surface area (Å²) in [4.78, 5) is 0. The van der Waals surface area contributed by atoms with Crippen molar-refractivity contribution in [3.05, 3.63) is 240 Å². The molecule has 10 rings (SSSR count). The SMILES string of the molecule is [Cl-].[Cl-].[Fe+2].[Fe+2].[Ti+4].[c-]1cccc2c1C(c1ccc[cH-]1)c1ccccc1-2.[c-]1cccc2c1C(c1ccc[cH-]1)c1ccccc1-2.c1cc[cH-]c1.c1cc[cH-]c1. The molecule has 0 fully saturated rings. The van der Waals surface area contributed by atoms with Crippen LogP contribution < -0.4 is 24.8 Å². The Labute approximate surface area is 351 Å². The Morgan fingerprint density at radius 1 is 0.392 bits per heavy atom. The van der Waals surface area contributed by atoms with Crippen molar-refractivity contribution in [2.24, 2.45) is 0 Å². The summed E-state index contributed by atoms with van der Waals surface area (Å²) >= 11 is 0. The Kier molecular flexibility index (Phi) is 18.8. The first kappa shape index (κ1) is 43.8. The summed E-state index contributed by atoms with van der Waals surface area (Å²) in [6.07, 6.45) is 0. The van der Waals surface area contributed by atoms with E-state index in [1.54, 1.807) is 0 Å². The van der Waals surface area contributed by atoms with Crippen LogP contribution in [0.3, 0.4) is 0 Å². The minimum Gasteiger partial charge on any atom is -1.00 e. The predicted molar refractivity (Wildman–Crippen MR) is 191 cm³/mol. The van der Waals surface area contributed by atoms with Crippen molar-refractivity contribution < 1.29 is 80.7 Å². The third-order valence-electron chi connectivity index (χ3n) is 8.63. The van der Waals surface area contributed by atoms with Gasteiger partial charge in [0.2, 0.25) is 0 Å². The molecule has 2 atom stereocenters. The van der Waals surface area contributed by atoms with Crippen molar-refractivity contribution in [3.8, 4) is 22.3 Å². The quantitative estimate of drug-likeness (QED) is 0.159. The number of fused-ring (bicyclic) bond motifs is 6. The van der Waals surface area contributed by atoms with E-state index in [4.69, 9.17) is 0 Å². The van der Waals surface area contributed by atoms with Crippen LogP contribution in [0.25, 0.3) is 22.3 Å². The van der Waals surface area contributed by atoms with E-state index in [1.807, 2.05) is 72.8 Å². The Bertz CT molecular complexity index is 1790. The van der Waals surface area contributed by atoms with Crippen molar-refractivity contribution in [1.29, 1.82) is 0 Å². The van der Waals surface area contributed by atoms with E-state index < -0.39 is 0 Å². The molecule has 0 saturated carbocycles. The zero-order valence-corrected chi connectivity index (χ0v) is 32.9. The van der Waals surface area contributed by atoms with Crippen molar-refractivity contribution >= 4 is 0 Å². The van der Waals surface area contributed by atoms with Gasteiger partial charge in [0, 0.05) is 0 Å². The molecule has 0 N–H and O–H groups in total. The van der Waals surface area contributed by atoms with Gasteiger partial charge in [-0.3, -0.25) is 0 Å². The molecule has 2 aliphatic carbocycles. The van der Waals surface area contributed by atoms with Gasteiger partial charge in [-0.1, -0.05) is 59.7 Å². The molecule has 2 aliphatic rings. The summed E-state index contributed by atoms with van der Waals surface area (Å²) in [7, 11) is 0. The summed E-state index contributed by atoms with van der Waals surface area (Å²) in [5.74, 6) is 0.708. The van der Waals surface area contributed by atoms with Gasteiger partial charge in [0.1, 0.15) is 0 Å². The van der Waals surface area contributed by atoms with Gasteiger partial charge < -0.3 is 24.8 Å². The molecule has 0 bridgehead atoms. The number of hydrogen-bond acceptors (Lipinski definition) is 0. The second kappa shape index (κ2) is 21.9. The summed E-state index contributed by atoms with van der Waals surface area (Å²) in [5.41, 5.74) is 13.5. The average molecular weight is 817 g/mol. The zero-order valence-electron chi connectivity index (χ0n) is 27.6. The predicted octanol–water partition coefficient (Wildman–Crippen LogP) is 5.54. The van der Waals surface area contributed by atoms with Crippen LogP contribution in [0.15, 0.2) is 194 Å². The topological polar surface area (TPSA) is 0 Å². The minimum absolute atomic E-state index is 0. The number of hydrogen-bond donors (Lipinski definition) is 0. The van der Waals surface area contributed by atoms with E-state index in [1.165, 1.54) is 55.6 Å². The van der Waals surface area contributed by atoms with Crippen LogP contribution in [0.5, 0.6) is 0 Å². The minimum atomic E-state index is 0. The maximum atomic E-state index is 3.43. The van der Waals surface area contributed by atoms with E-state index in [0.29, 0.717) is 11.8 Å². The Morgan fingerprint density at radius 3 is 1.10 bits per heavy atom. The van der Waals surface area contributed by atoms with Crippen LogP contribution >= 0.6 is 0 Å². The molecule has 8 aromatic carbocycles. The second-order valence-electron chi connectivity index (χ2n) is 11.4. The van der Waals surface area contributed by atoms with Gasteiger partial charge in [0.25, 0.3) is 0 Å². The normalized spacial score (nSPS) is 13.1. The molecule has 0 spiro atoms. The van der Waals surface area contributed by atoms with E-state index in [9.17, 15) is 0 Å². The molecule has 0 nitrogen and oxygen atoms in total. The second-order valence-corrected chi connectivity index (χ2v) is 11.4. The maximum absolute atomic E-state index is 3.43. The summed E-state index contributed by atoms with van der Waals surface area (Å²) in [5, 5.41) is 0. The standard InChI is InChI=1S/2C18H12.2C5H5.2ClH.2Fe.Ti/c2*1-2-8-13(7-1)18-16-11-5-3-9-14(16)15-10-4-6-12-17(15)18;2*1-2-4-5-3-1;;;;;/h2*1-11,18H;2*1-5H;2*1H;;;/q2*-2;2*-1;;;2*+2;+4/p-2. The molecular formula is C46H34Cl2Fe2Ti. The van der Waals surface area contributed by atoms with Gasteiger partial charge in [0.05, 0.1) is 0 Å². The maximum Gasteiger partial charge on any atom is 4.00 e. The van der Waals surface area contributed by atoms with Crippen molar-refractivity contribution in [1.82, 2.24) is 0 Å². The summed E-state index contributed by atoms with van der Waals surface area (Å²) < 4.78 is 0. The van der Waals surface area contributed by atoms with Crippen LogP contribution in [0.2, 0.25) is 0 Å².